The Labute approximate surface area is 118 Å². The molecule has 3 rings (SSSR count). The minimum Gasteiger partial charge on any atom is -0.378 e. The van der Waals surface area contributed by atoms with Gasteiger partial charge < -0.3 is 10.1 Å². The molecule has 1 fully saturated rings. The lowest BCUT2D eigenvalue weighted by molar-refractivity contribution is 0.0742. The molecule has 0 aromatic carbocycles. The fourth-order valence-electron chi connectivity index (χ4n) is 1.86. The lowest BCUT2D eigenvalue weighted by atomic mass is 10.2. The van der Waals surface area contributed by atoms with Crippen LogP contribution in [0.2, 0.25) is 0 Å². The molecular formula is C12H12BrN3OS. The largest absolute Gasteiger partial charge is 0.378 e. The zero-order valence-corrected chi connectivity index (χ0v) is 12.0. The molecule has 1 unspecified atom stereocenters. The molecular weight excluding hydrogens is 314 g/mol. The molecule has 1 aliphatic rings. The number of morpholine rings is 1. The minimum absolute atomic E-state index is 0.0992. The van der Waals surface area contributed by atoms with Crippen molar-refractivity contribution in [3.05, 3.63) is 34.0 Å². The van der Waals surface area contributed by atoms with Gasteiger partial charge in [-0.25, -0.2) is 9.97 Å². The molecule has 0 radical (unpaired) electrons. The van der Waals surface area contributed by atoms with Crippen LogP contribution in [0, 0.1) is 0 Å². The van der Waals surface area contributed by atoms with Gasteiger partial charge in [0.25, 0.3) is 0 Å². The molecule has 0 bridgehead atoms. The van der Waals surface area contributed by atoms with Gasteiger partial charge in [0, 0.05) is 12.7 Å². The third kappa shape index (κ3) is 2.61. The van der Waals surface area contributed by atoms with Gasteiger partial charge in [0.1, 0.15) is 5.82 Å². The quantitative estimate of drug-likeness (QED) is 0.922. The average molecular weight is 326 g/mol. The highest BCUT2D eigenvalue weighted by atomic mass is 79.9. The molecule has 94 valence electrons. The smallest absolute Gasteiger partial charge is 0.148 e. The molecule has 2 aromatic heterocycles. The van der Waals surface area contributed by atoms with Crippen LogP contribution in [0.15, 0.2) is 28.2 Å². The van der Waals surface area contributed by atoms with Crippen molar-refractivity contribution >= 4 is 27.3 Å². The SMILES string of the molecule is Brc1ccc(-c2ccnc(C3COCCN3)n2)s1. The van der Waals surface area contributed by atoms with E-state index in [2.05, 4.69) is 37.3 Å². The second-order valence-electron chi connectivity index (χ2n) is 3.99. The van der Waals surface area contributed by atoms with Gasteiger partial charge in [-0.2, -0.15) is 0 Å². The van der Waals surface area contributed by atoms with Crippen molar-refractivity contribution in [3.63, 3.8) is 0 Å². The maximum atomic E-state index is 5.44. The zero-order valence-electron chi connectivity index (χ0n) is 9.60. The number of thiophene rings is 1. The fraction of sp³-hybridized carbons (Fsp3) is 0.333. The fourth-order valence-corrected chi connectivity index (χ4v) is 3.22. The van der Waals surface area contributed by atoms with Gasteiger partial charge >= 0.3 is 0 Å². The first-order valence-electron chi connectivity index (χ1n) is 5.73. The lowest BCUT2D eigenvalue weighted by Crippen LogP contribution is -2.35. The number of hydrogen-bond donors (Lipinski definition) is 1. The monoisotopic (exact) mass is 325 g/mol. The number of ether oxygens (including phenoxy) is 1. The molecule has 1 aliphatic heterocycles. The van der Waals surface area contributed by atoms with E-state index in [1.807, 2.05) is 18.3 Å². The van der Waals surface area contributed by atoms with Crippen LogP contribution in [0.5, 0.6) is 0 Å². The topological polar surface area (TPSA) is 47.0 Å². The molecule has 0 saturated carbocycles. The summed E-state index contributed by atoms with van der Waals surface area (Å²) < 4.78 is 6.55. The van der Waals surface area contributed by atoms with E-state index in [-0.39, 0.29) is 6.04 Å². The van der Waals surface area contributed by atoms with Gasteiger partial charge in [-0.1, -0.05) is 0 Å². The molecule has 1 atom stereocenters. The molecule has 18 heavy (non-hydrogen) atoms. The van der Waals surface area contributed by atoms with Crippen molar-refractivity contribution < 1.29 is 4.74 Å². The predicted molar refractivity (Wildman–Crippen MR) is 74.6 cm³/mol. The predicted octanol–water partition coefficient (Wildman–Crippen LogP) is 2.63. The van der Waals surface area contributed by atoms with Crippen LogP contribution >= 0.6 is 27.3 Å². The Morgan fingerprint density at radius 3 is 3.06 bits per heavy atom. The van der Waals surface area contributed by atoms with Gasteiger partial charge in [-0.3, -0.25) is 0 Å². The maximum Gasteiger partial charge on any atom is 0.148 e. The molecule has 3 heterocycles. The highest BCUT2D eigenvalue weighted by Gasteiger charge is 2.18. The summed E-state index contributed by atoms with van der Waals surface area (Å²) in [5.41, 5.74) is 0.961. The molecule has 0 amide bonds. The van der Waals surface area contributed by atoms with E-state index in [0.29, 0.717) is 6.61 Å². The normalized spacial score (nSPS) is 19.9. The van der Waals surface area contributed by atoms with E-state index < -0.39 is 0 Å². The van der Waals surface area contributed by atoms with Gasteiger partial charge in [0.05, 0.1) is 33.6 Å². The van der Waals surface area contributed by atoms with Crippen LogP contribution in [-0.4, -0.2) is 29.7 Å². The van der Waals surface area contributed by atoms with Gasteiger partial charge in [-0.15, -0.1) is 11.3 Å². The first kappa shape index (κ1) is 12.2. The lowest BCUT2D eigenvalue weighted by Gasteiger charge is -2.22. The van der Waals surface area contributed by atoms with Crippen molar-refractivity contribution in [3.8, 4) is 10.6 Å². The number of aromatic nitrogens is 2. The third-order valence-electron chi connectivity index (χ3n) is 2.73. The Hall–Kier alpha value is -0.820. The van der Waals surface area contributed by atoms with E-state index in [0.717, 1.165) is 33.3 Å². The number of nitrogens with one attached hydrogen (secondary N) is 1. The number of hydrogen-bond acceptors (Lipinski definition) is 5. The summed E-state index contributed by atoms with van der Waals surface area (Å²) >= 11 is 5.14. The maximum absolute atomic E-state index is 5.44. The van der Waals surface area contributed by atoms with E-state index in [4.69, 9.17) is 4.74 Å². The standard InChI is InChI=1S/C12H12BrN3OS/c13-11-2-1-10(18-11)8-3-4-15-12(16-8)9-7-17-6-5-14-9/h1-4,9,14H,5-7H2. The molecule has 0 aliphatic carbocycles. The molecule has 4 nitrogen and oxygen atoms in total. The van der Waals surface area contributed by atoms with Crippen molar-refractivity contribution in [1.29, 1.82) is 0 Å². The summed E-state index contributed by atoms with van der Waals surface area (Å²) in [6.07, 6.45) is 1.81. The van der Waals surface area contributed by atoms with Gasteiger partial charge in [0.15, 0.2) is 0 Å². The van der Waals surface area contributed by atoms with Crippen LogP contribution in [0.25, 0.3) is 10.6 Å². The highest BCUT2D eigenvalue weighted by Crippen LogP contribution is 2.30. The summed E-state index contributed by atoms with van der Waals surface area (Å²) in [5.74, 6) is 0.803. The highest BCUT2D eigenvalue weighted by molar-refractivity contribution is 9.11. The van der Waals surface area contributed by atoms with E-state index in [1.165, 1.54) is 0 Å². The third-order valence-corrected chi connectivity index (χ3v) is 4.38. The number of nitrogens with zero attached hydrogens (tertiary/aromatic N) is 2. The van der Waals surface area contributed by atoms with Gasteiger partial charge in [0.2, 0.25) is 0 Å². The van der Waals surface area contributed by atoms with Crippen LogP contribution < -0.4 is 5.32 Å². The number of halogens is 1. The van der Waals surface area contributed by atoms with Gasteiger partial charge in [-0.05, 0) is 34.1 Å². The Morgan fingerprint density at radius 2 is 2.33 bits per heavy atom. The second-order valence-corrected chi connectivity index (χ2v) is 6.45. The van der Waals surface area contributed by atoms with Crippen LogP contribution in [0.3, 0.4) is 0 Å². The molecule has 1 N–H and O–H groups in total. The van der Waals surface area contributed by atoms with E-state index in [9.17, 15) is 0 Å². The zero-order chi connectivity index (χ0) is 12.4. The molecule has 0 spiro atoms. The molecule has 2 aromatic rings. The van der Waals surface area contributed by atoms with E-state index in [1.54, 1.807) is 11.3 Å². The summed E-state index contributed by atoms with van der Waals surface area (Å²) in [6, 6.07) is 6.13. The first-order chi connectivity index (χ1) is 8.83. The molecule has 6 heteroatoms. The summed E-state index contributed by atoms with van der Waals surface area (Å²) in [5, 5.41) is 3.36. The summed E-state index contributed by atoms with van der Waals surface area (Å²) in [4.78, 5) is 10.1. The minimum atomic E-state index is 0.0992. The first-order valence-corrected chi connectivity index (χ1v) is 7.33. The van der Waals surface area contributed by atoms with Crippen molar-refractivity contribution in [2.24, 2.45) is 0 Å². The van der Waals surface area contributed by atoms with Crippen molar-refractivity contribution in [2.75, 3.05) is 19.8 Å². The second kappa shape index (κ2) is 5.44. The van der Waals surface area contributed by atoms with E-state index >= 15 is 0 Å². The Morgan fingerprint density at radius 1 is 1.39 bits per heavy atom. The Bertz CT molecular complexity index is 540. The summed E-state index contributed by atoms with van der Waals surface area (Å²) in [6.45, 7) is 2.24. The van der Waals surface area contributed by atoms with Crippen LogP contribution in [0.1, 0.15) is 11.9 Å². The van der Waals surface area contributed by atoms with Crippen molar-refractivity contribution in [2.45, 2.75) is 6.04 Å². The van der Waals surface area contributed by atoms with Crippen LogP contribution in [-0.2, 0) is 4.74 Å². The Balaban J connectivity index is 1.88. The van der Waals surface area contributed by atoms with Crippen molar-refractivity contribution in [1.82, 2.24) is 15.3 Å². The summed E-state index contributed by atoms with van der Waals surface area (Å²) in [7, 11) is 0. The average Bonchev–Trinajstić information content (AvgIpc) is 2.87. The Kier molecular flexibility index (Phi) is 3.69. The van der Waals surface area contributed by atoms with Crippen LogP contribution in [0.4, 0.5) is 0 Å². The molecule has 1 saturated heterocycles. The number of rotatable bonds is 2.